The van der Waals surface area contributed by atoms with Crippen molar-refractivity contribution in [2.75, 3.05) is 0 Å². The minimum absolute atomic E-state index is 0.0439. The number of pyridine rings is 1. The number of hydrogen-bond donors (Lipinski definition) is 1. The van der Waals surface area contributed by atoms with Gasteiger partial charge in [-0.15, -0.1) is 0 Å². The molecule has 1 N–H and O–H groups in total. The normalized spacial score (nSPS) is 15.6. The molecule has 1 amide bonds. The summed E-state index contributed by atoms with van der Waals surface area (Å²) in [4.78, 5) is 28.8. The molecule has 1 aromatic heterocycles. The zero-order chi connectivity index (χ0) is 24.0. The molecule has 1 aliphatic rings. The predicted octanol–water partition coefficient (Wildman–Crippen LogP) is 6.34. The van der Waals surface area contributed by atoms with Crippen LogP contribution >= 0.6 is 23.2 Å². The van der Waals surface area contributed by atoms with Crippen molar-refractivity contribution in [3.05, 3.63) is 104 Å². The molecule has 0 saturated carbocycles. The number of fused-ring (bicyclic) bond motifs is 1. The first-order valence-electron chi connectivity index (χ1n) is 10.6. The number of carbonyl (C=O) groups is 1. The molecule has 1 aliphatic heterocycles. The summed E-state index contributed by atoms with van der Waals surface area (Å²) in [6.07, 6.45) is 0.260. The number of amides is 1. The minimum Gasteiger partial charge on any atom is -0.321 e. The topological polar surface area (TPSA) is 65.5 Å². The fraction of sp³-hybridized carbons (Fsp3) is 0.115. The number of rotatable bonds is 3. The number of hydrogen-bond acceptors (Lipinski definition) is 3. The Morgan fingerprint density at radius 1 is 1.06 bits per heavy atom. The summed E-state index contributed by atoms with van der Waals surface area (Å²) in [6.45, 7) is 1.40. The lowest BCUT2D eigenvalue weighted by Crippen LogP contribution is -2.24. The molecule has 2 heterocycles. The van der Waals surface area contributed by atoms with Crippen molar-refractivity contribution in [1.29, 1.82) is 0 Å². The van der Waals surface area contributed by atoms with E-state index in [1.54, 1.807) is 24.3 Å². The first-order chi connectivity index (χ1) is 16.3. The molecular formula is C26H18Cl2FN3O2. The maximum atomic E-state index is 13.8. The molecule has 34 heavy (non-hydrogen) atoms. The van der Waals surface area contributed by atoms with E-state index in [1.807, 2.05) is 30.3 Å². The first-order valence-corrected chi connectivity index (χ1v) is 11.3. The highest BCUT2D eigenvalue weighted by Gasteiger charge is 2.34. The van der Waals surface area contributed by atoms with E-state index in [2.05, 4.69) is 10.1 Å². The standard InChI is InChI=1S/C26H18Cl2FN3O2/c1-14(33)32-23(16-7-9-20(29)19(28)11-16)13-22(31-32)25-24(15-5-3-2-4-6-15)18-12-17(27)8-10-21(18)30-26(25)34/h2-12,23H,13H2,1H3,(H,30,34)/t23-/m1/s1. The van der Waals surface area contributed by atoms with Crippen LogP contribution in [0.1, 0.15) is 30.5 Å². The summed E-state index contributed by atoms with van der Waals surface area (Å²) < 4.78 is 13.8. The smallest absolute Gasteiger partial charge is 0.258 e. The summed E-state index contributed by atoms with van der Waals surface area (Å²) in [5, 5.41) is 7.12. The Bertz CT molecular complexity index is 1530. The maximum absolute atomic E-state index is 13.8. The van der Waals surface area contributed by atoms with Gasteiger partial charge < -0.3 is 4.98 Å². The van der Waals surface area contributed by atoms with Crippen molar-refractivity contribution in [2.24, 2.45) is 5.10 Å². The van der Waals surface area contributed by atoms with Crippen LogP contribution in [0.2, 0.25) is 10.0 Å². The number of benzene rings is 3. The van der Waals surface area contributed by atoms with Crippen LogP contribution in [0.25, 0.3) is 22.0 Å². The molecule has 170 valence electrons. The van der Waals surface area contributed by atoms with Crippen molar-refractivity contribution in [1.82, 2.24) is 9.99 Å². The van der Waals surface area contributed by atoms with Gasteiger partial charge >= 0.3 is 0 Å². The van der Waals surface area contributed by atoms with Crippen molar-refractivity contribution in [3.8, 4) is 11.1 Å². The fourth-order valence-corrected chi connectivity index (χ4v) is 4.74. The SMILES string of the molecule is CC(=O)N1N=C(c2c(-c3ccccc3)c3cc(Cl)ccc3[nH]c2=O)C[C@@H]1c1ccc(F)c(Cl)c1. The van der Waals surface area contributed by atoms with Crippen LogP contribution in [-0.4, -0.2) is 21.6 Å². The number of aromatic amines is 1. The van der Waals surface area contributed by atoms with Crippen molar-refractivity contribution in [2.45, 2.75) is 19.4 Å². The number of aromatic nitrogens is 1. The van der Waals surface area contributed by atoms with E-state index >= 15 is 0 Å². The van der Waals surface area contributed by atoms with Gasteiger partial charge in [0, 0.05) is 34.8 Å². The van der Waals surface area contributed by atoms with Crippen LogP contribution in [0, 0.1) is 5.82 Å². The molecule has 5 nitrogen and oxygen atoms in total. The molecule has 0 saturated heterocycles. The Balaban J connectivity index is 1.73. The number of hydrazone groups is 1. The van der Waals surface area contributed by atoms with Crippen molar-refractivity contribution in [3.63, 3.8) is 0 Å². The third kappa shape index (κ3) is 3.89. The van der Waals surface area contributed by atoms with Crippen LogP contribution < -0.4 is 5.56 Å². The molecule has 0 bridgehead atoms. The molecule has 0 aliphatic carbocycles. The number of halogens is 3. The van der Waals surface area contributed by atoms with Crippen LogP contribution in [0.3, 0.4) is 0 Å². The van der Waals surface area contributed by atoms with E-state index in [0.29, 0.717) is 32.9 Å². The van der Waals surface area contributed by atoms with E-state index in [0.717, 1.165) is 10.9 Å². The summed E-state index contributed by atoms with van der Waals surface area (Å²) in [5.41, 5.74) is 3.25. The van der Waals surface area contributed by atoms with Crippen molar-refractivity contribution < 1.29 is 9.18 Å². The number of nitrogens with one attached hydrogen (secondary N) is 1. The Kier molecular flexibility index (Phi) is 5.71. The minimum atomic E-state index is -0.548. The van der Waals surface area contributed by atoms with Gasteiger partial charge in [0.15, 0.2) is 0 Å². The van der Waals surface area contributed by atoms with E-state index in [1.165, 1.54) is 24.1 Å². The van der Waals surface area contributed by atoms with Gasteiger partial charge in [-0.1, -0.05) is 59.6 Å². The lowest BCUT2D eigenvalue weighted by atomic mass is 9.91. The zero-order valence-electron chi connectivity index (χ0n) is 18.0. The van der Waals surface area contributed by atoms with Gasteiger partial charge in [-0.3, -0.25) is 9.59 Å². The highest BCUT2D eigenvalue weighted by Crippen LogP contribution is 2.38. The second-order valence-corrected chi connectivity index (χ2v) is 8.91. The molecule has 0 unspecified atom stereocenters. The van der Waals surface area contributed by atoms with E-state index in [-0.39, 0.29) is 22.9 Å². The quantitative estimate of drug-likeness (QED) is 0.361. The lowest BCUT2D eigenvalue weighted by molar-refractivity contribution is -0.130. The Morgan fingerprint density at radius 2 is 1.82 bits per heavy atom. The van der Waals surface area contributed by atoms with Gasteiger partial charge in [-0.05, 0) is 41.5 Å². The van der Waals surface area contributed by atoms with E-state index < -0.39 is 11.9 Å². The molecule has 8 heteroatoms. The van der Waals surface area contributed by atoms with Gasteiger partial charge in [0.05, 0.1) is 22.3 Å². The molecule has 4 aromatic rings. The average Bonchev–Trinajstić information content (AvgIpc) is 3.26. The monoisotopic (exact) mass is 493 g/mol. The summed E-state index contributed by atoms with van der Waals surface area (Å²) >= 11 is 12.3. The molecular weight excluding hydrogens is 476 g/mol. The molecule has 5 rings (SSSR count). The third-order valence-electron chi connectivity index (χ3n) is 5.89. The first kappa shape index (κ1) is 22.3. The highest BCUT2D eigenvalue weighted by molar-refractivity contribution is 6.31. The van der Waals surface area contributed by atoms with Crippen molar-refractivity contribution >= 4 is 45.7 Å². The van der Waals surface area contributed by atoms with Crippen LogP contribution in [0.4, 0.5) is 4.39 Å². The Morgan fingerprint density at radius 3 is 2.53 bits per heavy atom. The van der Waals surface area contributed by atoms with Crippen LogP contribution in [-0.2, 0) is 4.79 Å². The predicted molar refractivity (Wildman–Crippen MR) is 133 cm³/mol. The van der Waals surface area contributed by atoms with Gasteiger partial charge in [0.1, 0.15) is 5.82 Å². The summed E-state index contributed by atoms with van der Waals surface area (Å²) in [7, 11) is 0. The van der Waals surface area contributed by atoms with Crippen LogP contribution in [0.5, 0.6) is 0 Å². The Labute approximate surface area is 204 Å². The Hall–Kier alpha value is -3.48. The number of nitrogens with zero attached hydrogens (tertiary/aromatic N) is 2. The number of carbonyl (C=O) groups excluding carboxylic acids is 1. The van der Waals surface area contributed by atoms with Gasteiger partial charge in [0.25, 0.3) is 5.56 Å². The summed E-state index contributed by atoms with van der Waals surface area (Å²) in [5.74, 6) is -0.852. The average molecular weight is 494 g/mol. The fourth-order valence-electron chi connectivity index (χ4n) is 4.38. The lowest BCUT2D eigenvalue weighted by Gasteiger charge is -2.20. The van der Waals surface area contributed by atoms with Gasteiger partial charge in [-0.2, -0.15) is 5.10 Å². The largest absolute Gasteiger partial charge is 0.321 e. The molecule has 0 fully saturated rings. The molecule has 1 atom stereocenters. The highest BCUT2D eigenvalue weighted by atomic mass is 35.5. The van der Waals surface area contributed by atoms with Crippen LogP contribution in [0.15, 0.2) is 76.6 Å². The summed E-state index contributed by atoms with van der Waals surface area (Å²) in [6, 6.07) is 18.6. The van der Waals surface area contributed by atoms with Gasteiger partial charge in [0.2, 0.25) is 5.91 Å². The third-order valence-corrected chi connectivity index (χ3v) is 6.41. The van der Waals surface area contributed by atoms with Gasteiger partial charge in [-0.25, -0.2) is 9.40 Å². The molecule has 3 aromatic carbocycles. The second kappa shape index (κ2) is 8.70. The van der Waals surface area contributed by atoms with E-state index in [4.69, 9.17) is 23.2 Å². The zero-order valence-corrected chi connectivity index (χ0v) is 19.5. The van der Waals surface area contributed by atoms with E-state index in [9.17, 15) is 14.0 Å². The maximum Gasteiger partial charge on any atom is 0.258 e. The molecule has 0 radical (unpaired) electrons. The molecule has 0 spiro atoms. The second-order valence-electron chi connectivity index (χ2n) is 8.06. The number of H-pyrrole nitrogens is 1.